The fourth-order valence-corrected chi connectivity index (χ4v) is 6.60. The minimum absolute atomic E-state index is 0.0223. The molecule has 1 unspecified atom stereocenters. The number of oxime groups is 1. The molecular weight excluding hydrogens is 564 g/mol. The molecule has 13 nitrogen and oxygen atoms in total. The first kappa shape index (κ1) is 31.0. The monoisotopic (exact) mass is 598 g/mol. The number of hydrogen-bond donors (Lipinski definition) is 2. The maximum absolute atomic E-state index is 13.3. The van der Waals surface area contributed by atoms with Gasteiger partial charge < -0.3 is 30.0 Å². The first-order chi connectivity index (χ1) is 18.9. The summed E-state index contributed by atoms with van der Waals surface area (Å²) in [4.78, 5) is 16.9. The quantitative estimate of drug-likeness (QED) is 0.0854. The highest BCUT2D eigenvalue weighted by Gasteiger charge is 2.38. The number of piperidine rings is 1. The van der Waals surface area contributed by atoms with E-state index in [0.29, 0.717) is 37.0 Å². The molecule has 0 bridgehead atoms. The Balaban J connectivity index is 1.70. The predicted octanol–water partition coefficient (Wildman–Crippen LogP) is 1.84. The first-order valence-corrected chi connectivity index (χ1v) is 15.5. The third kappa shape index (κ3) is 8.22. The van der Waals surface area contributed by atoms with Gasteiger partial charge in [0.25, 0.3) is 0 Å². The second-order valence-electron chi connectivity index (χ2n) is 8.92. The maximum Gasteiger partial charge on any atom is 0.339 e. The van der Waals surface area contributed by atoms with E-state index >= 15 is 0 Å². The summed E-state index contributed by atoms with van der Waals surface area (Å²) in [5.41, 5.74) is 11.0. The molecule has 0 aliphatic carbocycles. The third-order valence-corrected chi connectivity index (χ3v) is 8.96. The minimum atomic E-state index is -4.30. The van der Waals surface area contributed by atoms with Crippen molar-refractivity contribution in [3.05, 3.63) is 48.0 Å². The van der Waals surface area contributed by atoms with Crippen LogP contribution in [0.2, 0.25) is 0 Å². The Morgan fingerprint density at radius 1 is 1.00 bits per heavy atom. The fourth-order valence-electron chi connectivity index (χ4n) is 4.03. The van der Waals surface area contributed by atoms with E-state index in [4.69, 9.17) is 30.0 Å². The van der Waals surface area contributed by atoms with E-state index in [1.165, 1.54) is 24.3 Å². The van der Waals surface area contributed by atoms with Gasteiger partial charge in [0.1, 0.15) is 29.0 Å². The fraction of sp³-hybridized carbons (Fsp3) is 0.440. The SMILES string of the molecule is CCOC(=O)C1CCCCN1S(=O)(=O)c1ccc(S(=O)(=O)Oc2cc(C)cc(OCCCON=C(N)N)c2)cc1. The van der Waals surface area contributed by atoms with Crippen molar-refractivity contribution in [1.29, 1.82) is 0 Å². The van der Waals surface area contributed by atoms with Gasteiger partial charge in [0.2, 0.25) is 16.0 Å². The van der Waals surface area contributed by atoms with Crippen molar-refractivity contribution in [2.75, 3.05) is 26.4 Å². The highest BCUT2D eigenvalue weighted by Crippen LogP contribution is 2.29. The lowest BCUT2D eigenvalue weighted by molar-refractivity contribution is -0.148. The van der Waals surface area contributed by atoms with Crippen LogP contribution in [0.15, 0.2) is 57.4 Å². The number of carbonyl (C=O) groups excluding carboxylic acids is 1. The standard InChI is InChI=1S/C25H34N4O9S2/c1-3-35-24(30)23-7-4-5-12-29(23)39(31,32)21-8-10-22(11-9-21)40(33,34)38-20-16-18(2)15-19(17-20)36-13-6-14-37-28-25(26)27/h8-11,15-17,23H,3-7,12-14H2,1-2H3,(H4,26,27,28). The van der Waals surface area contributed by atoms with Gasteiger partial charge in [0, 0.05) is 19.0 Å². The predicted molar refractivity (Wildman–Crippen MR) is 145 cm³/mol. The highest BCUT2D eigenvalue weighted by molar-refractivity contribution is 7.89. The zero-order valence-electron chi connectivity index (χ0n) is 22.3. The van der Waals surface area contributed by atoms with E-state index < -0.39 is 32.2 Å². The molecule has 0 spiro atoms. The van der Waals surface area contributed by atoms with Crippen molar-refractivity contribution in [3.63, 3.8) is 0 Å². The zero-order chi connectivity index (χ0) is 29.3. The summed E-state index contributed by atoms with van der Waals surface area (Å²) in [5.74, 6) is -0.386. The Labute approximate surface area is 234 Å². The molecule has 4 N–H and O–H groups in total. The van der Waals surface area contributed by atoms with Gasteiger partial charge in [-0.3, -0.25) is 4.79 Å². The molecule has 2 aromatic carbocycles. The molecule has 1 saturated heterocycles. The van der Waals surface area contributed by atoms with Crippen LogP contribution >= 0.6 is 0 Å². The van der Waals surface area contributed by atoms with E-state index in [2.05, 4.69) is 5.16 Å². The Kier molecular flexibility index (Phi) is 10.6. The number of nitrogens with zero attached hydrogens (tertiary/aromatic N) is 2. The van der Waals surface area contributed by atoms with Gasteiger partial charge in [-0.05, 0) is 80.2 Å². The molecule has 40 heavy (non-hydrogen) atoms. The number of sulfonamides is 1. The van der Waals surface area contributed by atoms with Crippen molar-refractivity contribution in [3.8, 4) is 11.5 Å². The van der Waals surface area contributed by atoms with Gasteiger partial charge in [0.15, 0.2) is 0 Å². The molecule has 0 amide bonds. The molecule has 1 fully saturated rings. The number of carbonyl (C=O) groups is 1. The van der Waals surface area contributed by atoms with Gasteiger partial charge in [-0.15, -0.1) is 0 Å². The molecule has 0 saturated carbocycles. The summed E-state index contributed by atoms with van der Waals surface area (Å²) in [6.45, 7) is 4.17. The molecule has 1 heterocycles. The number of nitrogens with two attached hydrogens (primary N) is 2. The normalized spacial score (nSPS) is 16.1. The molecule has 0 radical (unpaired) electrons. The van der Waals surface area contributed by atoms with Crippen molar-refractivity contribution in [1.82, 2.24) is 4.31 Å². The number of hydrogen-bond acceptors (Lipinski definition) is 10. The summed E-state index contributed by atoms with van der Waals surface area (Å²) >= 11 is 0. The van der Waals surface area contributed by atoms with Crippen LogP contribution in [0.1, 0.15) is 38.2 Å². The number of guanidine groups is 1. The second-order valence-corrected chi connectivity index (χ2v) is 12.4. The molecule has 220 valence electrons. The Morgan fingerprint density at radius 3 is 2.35 bits per heavy atom. The van der Waals surface area contributed by atoms with E-state index in [9.17, 15) is 21.6 Å². The number of rotatable bonds is 13. The molecule has 1 aliphatic heterocycles. The lowest BCUT2D eigenvalue weighted by Crippen LogP contribution is -2.48. The average molecular weight is 599 g/mol. The van der Waals surface area contributed by atoms with Gasteiger partial charge in [0.05, 0.1) is 18.1 Å². The molecule has 3 rings (SSSR count). The highest BCUT2D eigenvalue weighted by atomic mass is 32.2. The van der Waals surface area contributed by atoms with E-state index in [1.54, 1.807) is 19.9 Å². The summed E-state index contributed by atoms with van der Waals surface area (Å²) in [6.07, 6.45) is 2.12. The van der Waals surface area contributed by atoms with Gasteiger partial charge >= 0.3 is 16.1 Å². The molecule has 0 aromatic heterocycles. The summed E-state index contributed by atoms with van der Waals surface area (Å²) in [5, 5.41) is 3.40. The largest absolute Gasteiger partial charge is 0.493 e. The van der Waals surface area contributed by atoms with E-state index in [1.807, 2.05) is 0 Å². The van der Waals surface area contributed by atoms with Crippen LogP contribution in [0, 0.1) is 6.92 Å². The molecule has 15 heteroatoms. The molecule has 1 atom stereocenters. The summed E-state index contributed by atoms with van der Waals surface area (Å²) in [6, 6.07) is 8.39. The van der Waals surface area contributed by atoms with Crippen molar-refractivity contribution in [2.45, 2.75) is 55.4 Å². The van der Waals surface area contributed by atoms with Crippen LogP contribution in [0.5, 0.6) is 11.5 Å². The average Bonchev–Trinajstić information content (AvgIpc) is 2.90. The lowest BCUT2D eigenvalue weighted by atomic mass is 10.1. The van der Waals surface area contributed by atoms with Crippen LogP contribution in [0.25, 0.3) is 0 Å². The Bertz CT molecular complexity index is 1410. The molecule has 2 aromatic rings. The van der Waals surface area contributed by atoms with Gasteiger partial charge in [-0.25, -0.2) is 8.42 Å². The van der Waals surface area contributed by atoms with Gasteiger partial charge in [-0.1, -0.05) is 0 Å². The topological polar surface area (TPSA) is 190 Å². The van der Waals surface area contributed by atoms with Crippen molar-refractivity contribution >= 4 is 32.1 Å². The third-order valence-electron chi connectivity index (χ3n) is 5.78. The molecular formula is C25H34N4O9S2. The van der Waals surface area contributed by atoms with Crippen LogP contribution in [0.4, 0.5) is 0 Å². The minimum Gasteiger partial charge on any atom is -0.493 e. The van der Waals surface area contributed by atoms with Crippen LogP contribution in [-0.4, -0.2) is 65.5 Å². The molecule has 1 aliphatic rings. The number of aryl methyl sites for hydroxylation is 1. The number of ether oxygens (including phenoxy) is 2. The van der Waals surface area contributed by atoms with Crippen molar-refractivity contribution < 1.29 is 40.1 Å². The van der Waals surface area contributed by atoms with E-state index in [0.717, 1.165) is 16.4 Å². The second kappa shape index (κ2) is 13.7. The zero-order valence-corrected chi connectivity index (χ0v) is 23.9. The number of esters is 1. The van der Waals surface area contributed by atoms with Crippen LogP contribution in [0.3, 0.4) is 0 Å². The van der Waals surface area contributed by atoms with E-state index in [-0.39, 0.29) is 47.9 Å². The maximum atomic E-state index is 13.3. The van der Waals surface area contributed by atoms with Crippen LogP contribution in [-0.2, 0) is 34.5 Å². The number of benzene rings is 2. The Hall–Kier alpha value is -3.56. The van der Waals surface area contributed by atoms with Gasteiger partial charge in [-0.2, -0.15) is 12.7 Å². The smallest absolute Gasteiger partial charge is 0.339 e. The first-order valence-electron chi connectivity index (χ1n) is 12.6. The van der Waals surface area contributed by atoms with Crippen LogP contribution < -0.4 is 20.4 Å². The summed E-state index contributed by atoms with van der Waals surface area (Å²) < 4.78 is 69.6. The lowest BCUT2D eigenvalue weighted by Gasteiger charge is -2.32. The Morgan fingerprint density at radius 2 is 1.68 bits per heavy atom. The summed E-state index contributed by atoms with van der Waals surface area (Å²) in [7, 11) is -8.38. The van der Waals surface area contributed by atoms with Crippen molar-refractivity contribution in [2.24, 2.45) is 16.6 Å².